The second kappa shape index (κ2) is 12.1. The van der Waals surface area contributed by atoms with Crippen molar-refractivity contribution in [3.63, 3.8) is 0 Å². The number of aromatic amines is 1. The van der Waals surface area contributed by atoms with Crippen molar-refractivity contribution in [1.82, 2.24) is 19.5 Å². The first-order valence-corrected chi connectivity index (χ1v) is 11.6. The maximum Gasteiger partial charge on any atom is 1.00 e. The van der Waals surface area contributed by atoms with E-state index < -0.39 is 39.0 Å². The Kier molecular flexibility index (Phi) is 10.4. The van der Waals surface area contributed by atoms with Crippen molar-refractivity contribution >= 4 is 43.0 Å². The molecule has 1 fully saturated rings. The summed E-state index contributed by atoms with van der Waals surface area (Å²) in [5, 5.41) is 23.7. The van der Waals surface area contributed by atoms with Crippen LogP contribution in [0.3, 0.4) is 0 Å². The first kappa shape index (κ1) is 28.3. The molecule has 0 aromatic carbocycles. The van der Waals surface area contributed by atoms with E-state index in [0.29, 0.717) is 36.0 Å². The Morgan fingerprint density at radius 3 is 2.88 bits per heavy atom. The molecule has 0 aliphatic carbocycles. The third-order valence-corrected chi connectivity index (χ3v) is 5.46. The quantitative estimate of drug-likeness (QED) is 0.0450. The zero-order chi connectivity index (χ0) is 23.5. The summed E-state index contributed by atoms with van der Waals surface area (Å²) >= 11 is 5.29. The number of nitrogens with one attached hydrogen (secondary N) is 2. The molecule has 178 valence electrons. The molecule has 0 radical (unpaired) electrons. The molecule has 1 aliphatic heterocycles. The number of ether oxygens (including phenoxy) is 1. The predicted molar refractivity (Wildman–Crippen MR) is 114 cm³/mol. The Balaban J connectivity index is 0.00000385. The number of anilines is 1. The number of aliphatic hydroxyl groups excluding tert-OH is 2. The number of amidine groups is 1. The van der Waals surface area contributed by atoms with Gasteiger partial charge in [-0.05, 0) is 19.8 Å². The molecule has 17 heteroatoms. The van der Waals surface area contributed by atoms with Crippen LogP contribution < -0.4 is 45.5 Å². The number of phosphoric acid groups is 1. The SMILES string of the molecule is CC(N)=NCCCCNc1nc(=S)c2ncn([C@@H]3O[C@H](COP(=O)([O-])O)[C@H](O)C3O)c2[nH]1.[Na+]. The number of rotatable bonds is 10. The average molecular weight is 513 g/mol. The number of aliphatic hydroxyl groups is 2. The van der Waals surface area contributed by atoms with Crippen molar-refractivity contribution in [3.8, 4) is 0 Å². The molecule has 3 rings (SSSR count). The molecule has 0 bridgehead atoms. The van der Waals surface area contributed by atoms with Crippen molar-refractivity contribution in [2.75, 3.05) is 25.0 Å². The number of nitrogens with two attached hydrogens (primary N) is 1. The number of fused-ring (bicyclic) bond motifs is 1. The summed E-state index contributed by atoms with van der Waals surface area (Å²) in [7, 11) is -5.01. The zero-order valence-corrected chi connectivity index (χ0v) is 21.8. The van der Waals surface area contributed by atoms with Gasteiger partial charge in [-0.3, -0.25) is 14.1 Å². The van der Waals surface area contributed by atoms with E-state index in [2.05, 4.69) is 29.8 Å². The molecule has 0 saturated carbocycles. The van der Waals surface area contributed by atoms with Gasteiger partial charge in [-0.25, -0.2) is 9.97 Å². The van der Waals surface area contributed by atoms with Gasteiger partial charge in [0, 0.05) is 13.1 Å². The Bertz CT molecular complexity index is 1070. The molecule has 1 saturated heterocycles. The van der Waals surface area contributed by atoms with Crippen molar-refractivity contribution in [2.24, 2.45) is 10.7 Å². The minimum Gasteiger partial charge on any atom is -0.756 e. The van der Waals surface area contributed by atoms with Crippen LogP contribution in [0.15, 0.2) is 11.3 Å². The number of hydrogen-bond donors (Lipinski definition) is 6. The second-order valence-electron chi connectivity index (χ2n) is 7.21. The Morgan fingerprint density at radius 2 is 2.21 bits per heavy atom. The molecule has 0 amide bonds. The van der Waals surface area contributed by atoms with Gasteiger partial charge in [-0.2, -0.15) is 0 Å². The molecule has 2 aromatic rings. The van der Waals surface area contributed by atoms with Gasteiger partial charge in [0.25, 0.3) is 7.82 Å². The first-order chi connectivity index (χ1) is 15.1. The van der Waals surface area contributed by atoms with Crippen molar-refractivity contribution in [1.29, 1.82) is 0 Å². The molecule has 7 N–H and O–H groups in total. The maximum atomic E-state index is 10.8. The fourth-order valence-electron chi connectivity index (χ4n) is 3.18. The number of nitrogens with zero attached hydrogens (tertiary/aromatic N) is 4. The minimum absolute atomic E-state index is 0. The van der Waals surface area contributed by atoms with Crippen LogP contribution in [-0.4, -0.2) is 78.5 Å². The number of aromatic nitrogens is 4. The van der Waals surface area contributed by atoms with Crippen LogP contribution in [0.5, 0.6) is 0 Å². The molecule has 2 unspecified atom stereocenters. The second-order valence-corrected chi connectivity index (χ2v) is 8.79. The molecule has 1 aliphatic rings. The van der Waals surface area contributed by atoms with Gasteiger partial charge < -0.3 is 45.3 Å². The summed E-state index contributed by atoms with van der Waals surface area (Å²) in [4.78, 5) is 35.1. The smallest absolute Gasteiger partial charge is 0.756 e. The fraction of sp³-hybridized carbons (Fsp3) is 0.625. The van der Waals surface area contributed by atoms with E-state index in [-0.39, 0.29) is 34.2 Å². The average Bonchev–Trinajstić information content (AvgIpc) is 3.24. The summed E-state index contributed by atoms with van der Waals surface area (Å²) in [5.41, 5.74) is 6.23. The number of H-pyrrole nitrogens is 1. The Labute approximate surface area is 216 Å². The van der Waals surface area contributed by atoms with Crippen LogP contribution in [0.1, 0.15) is 26.0 Å². The Morgan fingerprint density at radius 1 is 1.48 bits per heavy atom. The van der Waals surface area contributed by atoms with Crippen molar-refractivity contribution in [3.05, 3.63) is 11.0 Å². The van der Waals surface area contributed by atoms with E-state index in [1.54, 1.807) is 6.92 Å². The van der Waals surface area contributed by atoms with Crippen LogP contribution in [0, 0.1) is 4.64 Å². The molecule has 5 atom stereocenters. The molecule has 33 heavy (non-hydrogen) atoms. The maximum absolute atomic E-state index is 10.8. The van der Waals surface area contributed by atoms with Crippen LogP contribution in [0.2, 0.25) is 0 Å². The van der Waals surface area contributed by atoms with Gasteiger partial charge in [0.1, 0.15) is 29.5 Å². The summed E-state index contributed by atoms with van der Waals surface area (Å²) in [6, 6.07) is 0. The van der Waals surface area contributed by atoms with Gasteiger partial charge >= 0.3 is 29.6 Å². The minimum atomic E-state index is -5.01. The summed E-state index contributed by atoms with van der Waals surface area (Å²) in [6.45, 7) is 2.28. The zero-order valence-electron chi connectivity index (χ0n) is 18.1. The standard InChI is InChI=1S/C16H26N7O7PS.Na/c1-8(17)18-4-2-3-5-19-16-21-13-10(14(32)22-16)20-7-23(13)15-12(25)11(24)9(30-15)6-29-31(26,27)28;/h7,9,11-12,15,24-25H,2-6H2,1H3,(H2,17,18)(H2,26,27,28)(H2,19,21,22,32);/q;+1/p-1/t9-,11+,12?,15-;/m1./s1. The van der Waals surface area contributed by atoms with Crippen molar-refractivity contribution < 1.29 is 63.4 Å². The molecule has 0 spiro atoms. The number of phosphoric ester groups is 1. The monoisotopic (exact) mass is 513 g/mol. The van der Waals surface area contributed by atoms with E-state index >= 15 is 0 Å². The first-order valence-electron chi connectivity index (χ1n) is 9.74. The topological polar surface area (TPSA) is 216 Å². The van der Waals surface area contributed by atoms with E-state index in [4.69, 9.17) is 27.6 Å². The number of unbranched alkanes of at least 4 members (excludes halogenated alkanes) is 1. The van der Waals surface area contributed by atoms with Crippen LogP contribution in [-0.2, 0) is 13.8 Å². The molecular formula is C16H25N7NaO7PS. The van der Waals surface area contributed by atoms with E-state index in [0.717, 1.165) is 12.8 Å². The number of aliphatic imine (C=N–C) groups is 1. The van der Waals surface area contributed by atoms with Crippen LogP contribution in [0.25, 0.3) is 11.2 Å². The predicted octanol–water partition coefficient (Wildman–Crippen LogP) is -3.84. The number of imidazole rings is 1. The summed E-state index contributed by atoms with van der Waals surface area (Å²) in [5.74, 6) is 0.916. The van der Waals surface area contributed by atoms with Gasteiger partial charge in [0.2, 0.25) is 5.95 Å². The van der Waals surface area contributed by atoms with Crippen LogP contribution >= 0.6 is 20.0 Å². The van der Waals surface area contributed by atoms with E-state index in [1.165, 1.54) is 10.9 Å². The molecule has 3 heterocycles. The Hall–Kier alpha value is -0.970. The van der Waals surface area contributed by atoms with E-state index in [9.17, 15) is 19.7 Å². The largest absolute Gasteiger partial charge is 1.00 e. The summed E-state index contributed by atoms with van der Waals surface area (Å²) < 4.78 is 22.3. The van der Waals surface area contributed by atoms with Crippen LogP contribution in [0.4, 0.5) is 5.95 Å². The van der Waals surface area contributed by atoms with Gasteiger partial charge in [-0.15, -0.1) is 0 Å². The molecule has 14 nitrogen and oxygen atoms in total. The van der Waals surface area contributed by atoms with Crippen molar-refractivity contribution in [2.45, 2.75) is 44.3 Å². The van der Waals surface area contributed by atoms with E-state index in [1.807, 2.05) is 0 Å². The number of hydrogen-bond acceptors (Lipinski definition) is 11. The third kappa shape index (κ3) is 7.50. The van der Waals surface area contributed by atoms with Gasteiger partial charge in [0.05, 0.1) is 18.8 Å². The van der Waals surface area contributed by atoms with Gasteiger partial charge in [0.15, 0.2) is 10.9 Å². The van der Waals surface area contributed by atoms with Gasteiger partial charge in [-0.1, -0.05) is 12.2 Å². The third-order valence-electron chi connectivity index (χ3n) is 4.70. The normalized spacial score (nSPS) is 25.1. The summed E-state index contributed by atoms with van der Waals surface area (Å²) in [6.07, 6.45) is -2.23. The molecule has 2 aromatic heterocycles. The fourth-order valence-corrected chi connectivity index (χ4v) is 3.75. The molecular weight excluding hydrogens is 488 g/mol.